The first-order valence-corrected chi connectivity index (χ1v) is 7.70. The Morgan fingerprint density at radius 3 is 2.75 bits per heavy atom. The van der Waals surface area contributed by atoms with E-state index in [2.05, 4.69) is 19.8 Å². The molecule has 1 aromatic heterocycles. The van der Waals surface area contributed by atoms with Crippen molar-refractivity contribution in [2.45, 2.75) is 45.3 Å². The summed E-state index contributed by atoms with van der Waals surface area (Å²) in [5.41, 5.74) is 1.71. The van der Waals surface area contributed by atoms with Crippen LogP contribution in [0.15, 0.2) is 6.20 Å². The molecule has 2 aliphatic rings. The molecule has 0 bridgehead atoms. The summed E-state index contributed by atoms with van der Waals surface area (Å²) in [6.45, 7) is 6.54. The molecule has 0 amide bonds. The molecule has 0 aliphatic carbocycles. The fourth-order valence-corrected chi connectivity index (χ4v) is 3.29. The fraction of sp³-hybridized carbons (Fsp3) is 0.733. The van der Waals surface area contributed by atoms with Gasteiger partial charge >= 0.3 is 0 Å². The summed E-state index contributed by atoms with van der Waals surface area (Å²) in [6.07, 6.45) is 7.04. The van der Waals surface area contributed by atoms with E-state index in [1.165, 1.54) is 38.8 Å². The number of anilines is 1. The lowest BCUT2D eigenvalue weighted by molar-refractivity contribution is 0.174. The van der Waals surface area contributed by atoms with E-state index in [4.69, 9.17) is 0 Å². The number of aliphatic hydroxyl groups is 1. The molecule has 2 saturated heterocycles. The van der Waals surface area contributed by atoms with Gasteiger partial charge in [-0.2, -0.15) is 0 Å². The van der Waals surface area contributed by atoms with E-state index < -0.39 is 0 Å². The highest BCUT2D eigenvalue weighted by molar-refractivity contribution is 5.34. The van der Waals surface area contributed by atoms with Gasteiger partial charge in [-0.25, -0.2) is 9.97 Å². The van der Waals surface area contributed by atoms with Gasteiger partial charge in [-0.15, -0.1) is 0 Å². The summed E-state index contributed by atoms with van der Waals surface area (Å²) in [5.74, 6) is 0.819. The summed E-state index contributed by atoms with van der Waals surface area (Å²) in [6, 6.07) is 0.664. The molecule has 2 aliphatic heterocycles. The van der Waals surface area contributed by atoms with Gasteiger partial charge in [0, 0.05) is 36.6 Å². The third-order valence-electron chi connectivity index (χ3n) is 4.59. The van der Waals surface area contributed by atoms with Crippen LogP contribution in [0.4, 0.5) is 5.95 Å². The van der Waals surface area contributed by atoms with Crippen LogP contribution in [0, 0.1) is 6.92 Å². The van der Waals surface area contributed by atoms with Gasteiger partial charge in [0.05, 0.1) is 6.61 Å². The highest BCUT2D eigenvalue weighted by Crippen LogP contribution is 2.23. The van der Waals surface area contributed by atoms with Gasteiger partial charge in [-0.3, -0.25) is 4.90 Å². The van der Waals surface area contributed by atoms with Crippen LogP contribution < -0.4 is 4.90 Å². The number of aliphatic hydroxyl groups excluding tert-OH is 1. The van der Waals surface area contributed by atoms with E-state index in [1.807, 2.05) is 6.92 Å². The van der Waals surface area contributed by atoms with Crippen molar-refractivity contribution in [2.24, 2.45) is 0 Å². The van der Waals surface area contributed by atoms with Crippen LogP contribution in [-0.2, 0) is 6.61 Å². The van der Waals surface area contributed by atoms with Crippen molar-refractivity contribution in [2.75, 3.05) is 31.1 Å². The van der Waals surface area contributed by atoms with E-state index in [0.29, 0.717) is 6.04 Å². The summed E-state index contributed by atoms with van der Waals surface area (Å²) < 4.78 is 0. The average Bonchev–Trinajstić information content (AvgIpc) is 2.98. The number of hydrogen-bond donors (Lipinski definition) is 1. The third kappa shape index (κ3) is 2.79. The Labute approximate surface area is 120 Å². The molecule has 1 atom stereocenters. The minimum atomic E-state index is 0.0164. The van der Waals surface area contributed by atoms with E-state index >= 15 is 0 Å². The smallest absolute Gasteiger partial charge is 0.225 e. The lowest BCUT2D eigenvalue weighted by Gasteiger charge is -2.32. The number of rotatable bonds is 3. The van der Waals surface area contributed by atoms with Crippen LogP contribution in [0.5, 0.6) is 0 Å². The average molecular weight is 276 g/mol. The van der Waals surface area contributed by atoms with Crippen molar-refractivity contribution in [3.05, 3.63) is 17.5 Å². The topological polar surface area (TPSA) is 52.5 Å². The van der Waals surface area contributed by atoms with Crippen LogP contribution in [-0.4, -0.2) is 52.2 Å². The van der Waals surface area contributed by atoms with Crippen molar-refractivity contribution in [1.29, 1.82) is 0 Å². The molecule has 1 aromatic rings. The molecule has 0 radical (unpaired) electrons. The van der Waals surface area contributed by atoms with Crippen molar-refractivity contribution >= 4 is 5.95 Å². The van der Waals surface area contributed by atoms with Gasteiger partial charge in [-0.05, 0) is 39.3 Å². The summed E-state index contributed by atoms with van der Waals surface area (Å²) in [4.78, 5) is 13.9. The Morgan fingerprint density at radius 1 is 1.25 bits per heavy atom. The SMILES string of the molecule is Cc1nc(N2CCC(N3CCCCC3)C2)ncc1CO. The van der Waals surface area contributed by atoms with Crippen molar-refractivity contribution in [1.82, 2.24) is 14.9 Å². The van der Waals surface area contributed by atoms with Crippen LogP contribution in [0.2, 0.25) is 0 Å². The van der Waals surface area contributed by atoms with Crippen LogP contribution in [0.3, 0.4) is 0 Å². The molecule has 20 heavy (non-hydrogen) atoms. The Balaban J connectivity index is 1.65. The van der Waals surface area contributed by atoms with Crippen LogP contribution >= 0.6 is 0 Å². The predicted octanol–water partition coefficient (Wildman–Crippen LogP) is 1.34. The number of likely N-dealkylation sites (tertiary alicyclic amines) is 1. The number of piperidine rings is 1. The maximum atomic E-state index is 9.19. The second-order valence-electron chi connectivity index (χ2n) is 5.92. The minimum Gasteiger partial charge on any atom is -0.392 e. The van der Waals surface area contributed by atoms with Crippen molar-refractivity contribution < 1.29 is 5.11 Å². The van der Waals surface area contributed by atoms with Gasteiger partial charge in [0.25, 0.3) is 0 Å². The van der Waals surface area contributed by atoms with E-state index in [-0.39, 0.29) is 6.61 Å². The molecular weight excluding hydrogens is 252 g/mol. The zero-order valence-electron chi connectivity index (χ0n) is 12.3. The maximum Gasteiger partial charge on any atom is 0.225 e. The summed E-state index contributed by atoms with van der Waals surface area (Å²) in [5, 5.41) is 9.19. The molecule has 110 valence electrons. The molecule has 3 rings (SSSR count). The number of aryl methyl sites for hydroxylation is 1. The zero-order chi connectivity index (χ0) is 13.9. The number of hydrogen-bond acceptors (Lipinski definition) is 5. The first-order chi connectivity index (χ1) is 9.78. The first-order valence-electron chi connectivity index (χ1n) is 7.70. The molecule has 1 unspecified atom stereocenters. The Kier molecular flexibility index (Phi) is 4.17. The lowest BCUT2D eigenvalue weighted by Crippen LogP contribution is -2.41. The van der Waals surface area contributed by atoms with E-state index in [1.54, 1.807) is 6.20 Å². The zero-order valence-corrected chi connectivity index (χ0v) is 12.3. The maximum absolute atomic E-state index is 9.19. The van der Waals surface area contributed by atoms with Crippen LogP contribution in [0.1, 0.15) is 36.9 Å². The highest BCUT2D eigenvalue weighted by atomic mass is 16.3. The normalized spacial score (nSPS) is 24.3. The van der Waals surface area contributed by atoms with Crippen molar-refractivity contribution in [3.63, 3.8) is 0 Å². The molecule has 1 N–H and O–H groups in total. The van der Waals surface area contributed by atoms with Gasteiger partial charge in [0.2, 0.25) is 5.95 Å². The Morgan fingerprint density at radius 2 is 2.05 bits per heavy atom. The molecule has 0 spiro atoms. The monoisotopic (exact) mass is 276 g/mol. The Bertz CT molecular complexity index is 459. The van der Waals surface area contributed by atoms with Crippen molar-refractivity contribution in [3.8, 4) is 0 Å². The molecule has 2 fully saturated rings. The van der Waals surface area contributed by atoms with E-state index in [0.717, 1.165) is 30.3 Å². The summed E-state index contributed by atoms with van der Waals surface area (Å²) >= 11 is 0. The van der Waals surface area contributed by atoms with Gasteiger partial charge < -0.3 is 10.0 Å². The molecule has 5 nitrogen and oxygen atoms in total. The van der Waals surface area contributed by atoms with E-state index in [9.17, 15) is 5.11 Å². The largest absolute Gasteiger partial charge is 0.392 e. The number of aromatic nitrogens is 2. The second-order valence-corrected chi connectivity index (χ2v) is 5.92. The standard InChI is InChI=1S/C15H24N4O/c1-12-13(11-20)9-16-15(17-12)19-8-5-14(10-19)18-6-3-2-4-7-18/h9,14,20H,2-8,10-11H2,1H3. The fourth-order valence-electron chi connectivity index (χ4n) is 3.29. The van der Waals surface area contributed by atoms with Gasteiger partial charge in [0.1, 0.15) is 0 Å². The minimum absolute atomic E-state index is 0.0164. The molecule has 5 heteroatoms. The second kappa shape index (κ2) is 6.06. The van der Waals surface area contributed by atoms with Gasteiger partial charge in [-0.1, -0.05) is 6.42 Å². The molecule has 3 heterocycles. The quantitative estimate of drug-likeness (QED) is 0.903. The molecule has 0 aromatic carbocycles. The lowest BCUT2D eigenvalue weighted by atomic mass is 10.1. The molecular formula is C15H24N4O. The third-order valence-corrected chi connectivity index (χ3v) is 4.59. The highest BCUT2D eigenvalue weighted by Gasteiger charge is 2.29. The summed E-state index contributed by atoms with van der Waals surface area (Å²) in [7, 11) is 0. The molecule has 0 saturated carbocycles. The number of nitrogens with zero attached hydrogens (tertiary/aromatic N) is 4. The first kappa shape index (κ1) is 13.8. The predicted molar refractivity (Wildman–Crippen MR) is 78.7 cm³/mol. The van der Waals surface area contributed by atoms with Gasteiger partial charge in [0.15, 0.2) is 0 Å². The Hall–Kier alpha value is -1.20. The van der Waals surface area contributed by atoms with Crippen LogP contribution in [0.25, 0.3) is 0 Å².